The van der Waals surface area contributed by atoms with Gasteiger partial charge in [0.05, 0.1) is 35.2 Å². The number of hydrogen-bond acceptors (Lipinski definition) is 3. The number of hydrogen-bond donors (Lipinski definition) is 3. The first-order valence-electron chi connectivity index (χ1n) is 9.94. The number of pyridine rings is 1. The number of nitrogens with zero attached hydrogens (tertiary/aromatic N) is 2. The zero-order valence-electron chi connectivity index (χ0n) is 16.8. The Morgan fingerprint density at radius 2 is 1.91 bits per heavy atom. The number of amides is 1. The third-order valence-electron chi connectivity index (χ3n) is 5.13. The fourth-order valence-corrected chi connectivity index (χ4v) is 3.53. The van der Waals surface area contributed by atoms with Crippen LogP contribution in [0, 0.1) is 5.82 Å². The minimum Gasteiger partial charge on any atom is -0.354 e. The summed E-state index contributed by atoms with van der Waals surface area (Å²) < 4.78 is 14.7. The second-order valence-electron chi connectivity index (χ2n) is 7.41. The van der Waals surface area contributed by atoms with Crippen LogP contribution in [0.3, 0.4) is 0 Å². The van der Waals surface area contributed by atoms with E-state index in [1.165, 1.54) is 24.5 Å². The van der Waals surface area contributed by atoms with E-state index in [-0.39, 0.29) is 17.3 Å². The maximum atomic E-state index is 13.1. The molecule has 0 aliphatic heterocycles. The molecule has 158 valence electrons. The minimum absolute atomic E-state index is 0.291. The van der Waals surface area contributed by atoms with Gasteiger partial charge in [-0.2, -0.15) is 5.10 Å². The number of carbonyl (C=O) groups excluding carboxylic acids is 1. The van der Waals surface area contributed by atoms with Crippen molar-refractivity contribution in [3.05, 3.63) is 107 Å². The Labute approximate surface area is 181 Å². The van der Waals surface area contributed by atoms with Crippen molar-refractivity contribution in [1.29, 1.82) is 0 Å². The van der Waals surface area contributed by atoms with Gasteiger partial charge in [0, 0.05) is 23.3 Å². The van der Waals surface area contributed by atoms with E-state index in [0.717, 1.165) is 16.5 Å². The molecule has 0 aliphatic rings. The van der Waals surface area contributed by atoms with Gasteiger partial charge < -0.3 is 15.3 Å². The van der Waals surface area contributed by atoms with Crippen LogP contribution in [0.5, 0.6) is 0 Å². The largest absolute Gasteiger partial charge is 0.354 e. The van der Waals surface area contributed by atoms with Gasteiger partial charge in [0.15, 0.2) is 0 Å². The third-order valence-corrected chi connectivity index (χ3v) is 5.13. The molecule has 5 aromatic rings. The lowest BCUT2D eigenvalue weighted by Gasteiger charge is -2.05. The summed E-state index contributed by atoms with van der Waals surface area (Å²) in [6, 6.07) is 17.3. The summed E-state index contributed by atoms with van der Waals surface area (Å²) in [6.45, 7) is 0.444. The Balaban J connectivity index is 1.35. The van der Waals surface area contributed by atoms with Crippen molar-refractivity contribution in [3.8, 4) is 11.3 Å². The number of para-hydroxylation sites is 1. The molecule has 0 atom stereocenters. The van der Waals surface area contributed by atoms with Crippen LogP contribution in [0.25, 0.3) is 22.2 Å². The molecule has 0 aliphatic carbocycles. The van der Waals surface area contributed by atoms with Crippen molar-refractivity contribution in [2.45, 2.75) is 6.54 Å². The Morgan fingerprint density at radius 3 is 2.72 bits per heavy atom. The van der Waals surface area contributed by atoms with Gasteiger partial charge in [0.1, 0.15) is 5.82 Å². The third kappa shape index (κ3) is 3.93. The van der Waals surface area contributed by atoms with Crippen LogP contribution >= 0.6 is 0 Å². The number of nitrogens with one attached hydrogen (secondary N) is 3. The lowest BCUT2D eigenvalue weighted by Crippen LogP contribution is -2.16. The van der Waals surface area contributed by atoms with Crippen LogP contribution in [0.2, 0.25) is 0 Å². The zero-order chi connectivity index (χ0) is 22.1. The number of benzene rings is 2. The first kappa shape index (κ1) is 19.5. The first-order valence-corrected chi connectivity index (χ1v) is 9.94. The van der Waals surface area contributed by atoms with E-state index in [1.54, 1.807) is 29.1 Å². The number of H-pyrrole nitrogens is 2. The smallest absolute Gasteiger partial charge is 0.257 e. The average molecular weight is 427 g/mol. The van der Waals surface area contributed by atoms with Crippen molar-refractivity contribution in [3.63, 3.8) is 0 Å². The standard InChI is InChI=1S/C24H18FN5O2/c25-18-7-5-15(6-8-18)13-30-14-19(12-27-30)28-23(31)17-9-20(24(32)26-11-17)22-10-16-3-1-2-4-21(16)29-22/h1-12,14,29H,13H2,(H,26,32)(H,28,31). The Kier molecular flexibility index (Phi) is 4.87. The van der Waals surface area contributed by atoms with E-state index in [0.29, 0.717) is 29.1 Å². The van der Waals surface area contributed by atoms with Crippen LogP contribution in [-0.4, -0.2) is 25.7 Å². The Bertz CT molecular complexity index is 1450. The molecule has 0 unspecified atom stereocenters. The Hall–Kier alpha value is -4.46. The number of rotatable bonds is 5. The fourth-order valence-electron chi connectivity index (χ4n) is 3.53. The molecule has 0 fully saturated rings. The molecule has 0 radical (unpaired) electrons. The van der Waals surface area contributed by atoms with E-state index in [9.17, 15) is 14.0 Å². The monoisotopic (exact) mass is 427 g/mol. The lowest BCUT2D eigenvalue weighted by molar-refractivity contribution is 0.102. The summed E-state index contributed by atoms with van der Waals surface area (Å²) in [7, 11) is 0. The molecule has 1 amide bonds. The van der Waals surface area contributed by atoms with E-state index in [2.05, 4.69) is 20.4 Å². The molecule has 3 heterocycles. The molecule has 0 saturated heterocycles. The predicted octanol–water partition coefficient (Wildman–Crippen LogP) is 4.16. The number of anilines is 1. The second-order valence-corrected chi connectivity index (χ2v) is 7.41. The van der Waals surface area contributed by atoms with Crippen molar-refractivity contribution < 1.29 is 9.18 Å². The number of aromatic nitrogens is 4. The van der Waals surface area contributed by atoms with Gasteiger partial charge in [-0.3, -0.25) is 14.3 Å². The molecule has 3 N–H and O–H groups in total. The van der Waals surface area contributed by atoms with Crippen molar-refractivity contribution in [2.24, 2.45) is 0 Å². The SMILES string of the molecule is O=C(Nc1cnn(Cc2ccc(F)cc2)c1)c1c[nH]c(=O)c(-c2cc3ccccc3[nH]2)c1. The topological polar surface area (TPSA) is 95.6 Å². The van der Waals surface area contributed by atoms with Gasteiger partial charge in [-0.15, -0.1) is 0 Å². The minimum atomic E-state index is -0.375. The number of halogens is 1. The van der Waals surface area contributed by atoms with E-state index in [1.807, 2.05) is 30.3 Å². The fraction of sp³-hybridized carbons (Fsp3) is 0.0417. The van der Waals surface area contributed by atoms with Gasteiger partial charge in [0.25, 0.3) is 11.5 Å². The second kappa shape index (κ2) is 7.99. The highest BCUT2D eigenvalue weighted by molar-refractivity contribution is 6.04. The maximum Gasteiger partial charge on any atom is 0.257 e. The summed E-state index contributed by atoms with van der Waals surface area (Å²) >= 11 is 0. The van der Waals surface area contributed by atoms with Gasteiger partial charge in [-0.05, 0) is 35.9 Å². The highest BCUT2D eigenvalue weighted by atomic mass is 19.1. The zero-order valence-corrected chi connectivity index (χ0v) is 16.8. The van der Waals surface area contributed by atoms with Gasteiger partial charge >= 0.3 is 0 Å². The van der Waals surface area contributed by atoms with Crippen LogP contribution in [-0.2, 0) is 6.54 Å². The molecule has 3 aromatic heterocycles. The van der Waals surface area contributed by atoms with Crippen molar-refractivity contribution in [2.75, 3.05) is 5.32 Å². The van der Waals surface area contributed by atoms with E-state index >= 15 is 0 Å². The maximum absolute atomic E-state index is 13.1. The first-order chi connectivity index (χ1) is 15.5. The average Bonchev–Trinajstić information content (AvgIpc) is 3.42. The molecule has 0 saturated carbocycles. The highest BCUT2D eigenvalue weighted by Crippen LogP contribution is 2.22. The number of aromatic amines is 2. The van der Waals surface area contributed by atoms with Gasteiger partial charge in [-0.1, -0.05) is 30.3 Å². The molecule has 2 aromatic carbocycles. The summed E-state index contributed by atoms with van der Waals surface area (Å²) in [5.74, 6) is -0.671. The van der Waals surface area contributed by atoms with E-state index < -0.39 is 0 Å². The quantitative estimate of drug-likeness (QED) is 0.393. The van der Waals surface area contributed by atoms with Crippen molar-refractivity contribution >= 4 is 22.5 Å². The molecule has 0 spiro atoms. The predicted molar refractivity (Wildman–Crippen MR) is 120 cm³/mol. The van der Waals surface area contributed by atoms with Crippen LogP contribution < -0.4 is 10.9 Å². The summed E-state index contributed by atoms with van der Waals surface area (Å²) in [4.78, 5) is 31.0. The molecule has 5 rings (SSSR count). The van der Waals surface area contributed by atoms with Crippen molar-refractivity contribution in [1.82, 2.24) is 19.7 Å². The normalized spacial score (nSPS) is 11.0. The van der Waals surface area contributed by atoms with Crippen LogP contribution in [0.15, 0.2) is 84.0 Å². The summed E-state index contributed by atoms with van der Waals surface area (Å²) in [5, 5.41) is 7.99. The lowest BCUT2D eigenvalue weighted by atomic mass is 10.1. The van der Waals surface area contributed by atoms with Crippen LogP contribution in [0.4, 0.5) is 10.1 Å². The number of carbonyl (C=O) groups is 1. The van der Waals surface area contributed by atoms with Crippen LogP contribution in [0.1, 0.15) is 15.9 Å². The molecular formula is C24H18FN5O2. The summed E-state index contributed by atoms with van der Waals surface area (Å²) in [5.41, 5.74) is 3.33. The molecule has 8 heteroatoms. The summed E-state index contributed by atoms with van der Waals surface area (Å²) in [6.07, 6.45) is 4.60. The molecule has 0 bridgehead atoms. The molecule has 32 heavy (non-hydrogen) atoms. The number of fused-ring (bicyclic) bond motifs is 1. The van der Waals surface area contributed by atoms with Gasteiger partial charge in [0.2, 0.25) is 0 Å². The highest BCUT2D eigenvalue weighted by Gasteiger charge is 2.13. The Morgan fingerprint density at radius 1 is 1.09 bits per heavy atom. The van der Waals surface area contributed by atoms with E-state index in [4.69, 9.17) is 0 Å². The molecular weight excluding hydrogens is 409 g/mol. The van der Waals surface area contributed by atoms with Gasteiger partial charge in [-0.25, -0.2) is 4.39 Å². The molecule has 7 nitrogen and oxygen atoms in total.